The van der Waals surface area contributed by atoms with Crippen molar-refractivity contribution in [2.24, 2.45) is 0 Å². The lowest BCUT2D eigenvalue weighted by Gasteiger charge is -2.14. The molecule has 0 heterocycles. The van der Waals surface area contributed by atoms with Crippen LogP contribution < -0.4 is 14.2 Å². The maximum Gasteiger partial charge on any atom is 0.335 e. The van der Waals surface area contributed by atoms with Gasteiger partial charge in [-0.15, -0.1) is 0 Å². The second kappa shape index (κ2) is 6.65. The van der Waals surface area contributed by atoms with Crippen LogP contribution in [0.4, 0.5) is 0 Å². The minimum atomic E-state index is -1.06. The van der Waals surface area contributed by atoms with E-state index in [0.717, 1.165) is 5.56 Å². The first-order chi connectivity index (χ1) is 10.2. The number of hydrogen-bond acceptors (Lipinski definition) is 4. The third kappa shape index (κ3) is 3.45. The van der Waals surface area contributed by atoms with Gasteiger partial charge in [-0.3, -0.25) is 0 Å². The average Bonchev–Trinajstić information content (AvgIpc) is 2.52. The summed E-state index contributed by atoms with van der Waals surface area (Å²) in [6.45, 7) is 0.309. The summed E-state index contributed by atoms with van der Waals surface area (Å²) in [5, 5.41) is 9.13. The number of methoxy groups -OCH3 is 2. The van der Waals surface area contributed by atoms with Gasteiger partial charge in [0, 0.05) is 0 Å². The molecule has 0 saturated carbocycles. The summed E-state index contributed by atoms with van der Waals surface area (Å²) in [7, 11) is 2.93. The van der Waals surface area contributed by atoms with E-state index in [9.17, 15) is 4.79 Å². The molecule has 2 rings (SSSR count). The molecule has 5 nitrogen and oxygen atoms in total. The molecule has 0 aliphatic rings. The molecule has 5 heteroatoms. The number of ether oxygens (including phenoxy) is 3. The molecule has 0 saturated heterocycles. The van der Waals surface area contributed by atoms with Crippen LogP contribution in [-0.2, 0) is 6.61 Å². The normalized spacial score (nSPS) is 10.0. The molecule has 110 valence electrons. The zero-order valence-electron chi connectivity index (χ0n) is 11.8. The zero-order chi connectivity index (χ0) is 15.2. The fourth-order valence-corrected chi connectivity index (χ4v) is 1.90. The van der Waals surface area contributed by atoms with Gasteiger partial charge in [-0.05, 0) is 17.7 Å². The summed E-state index contributed by atoms with van der Waals surface area (Å²) in [6, 6.07) is 12.4. The maximum absolute atomic E-state index is 11.1. The Bertz CT molecular complexity index is 622. The van der Waals surface area contributed by atoms with E-state index in [2.05, 4.69) is 0 Å². The molecule has 2 aromatic rings. The SMILES string of the molecule is COc1cc(C(=O)O)cc(OCc2ccccc2)c1OC. The fraction of sp³-hybridized carbons (Fsp3) is 0.188. The van der Waals surface area contributed by atoms with Crippen molar-refractivity contribution in [2.75, 3.05) is 14.2 Å². The Morgan fingerprint density at radius 3 is 2.29 bits per heavy atom. The molecule has 0 unspecified atom stereocenters. The molecule has 0 aromatic heterocycles. The minimum Gasteiger partial charge on any atom is -0.493 e. The Morgan fingerprint density at radius 2 is 1.71 bits per heavy atom. The van der Waals surface area contributed by atoms with Gasteiger partial charge >= 0.3 is 5.97 Å². The van der Waals surface area contributed by atoms with Gasteiger partial charge in [0.2, 0.25) is 5.75 Å². The summed E-state index contributed by atoms with van der Waals surface area (Å²) in [5.74, 6) is -0.0301. The van der Waals surface area contributed by atoms with Crippen LogP contribution in [0.5, 0.6) is 17.2 Å². The first-order valence-electron chi connectivity index (χ1n) is 6.31. The summed E-state index contributed by atoms with van der Waals surface area (Å²) >= 11 is 0. The molecule has 0 aliphatic heterocycles. The second-order valence-corrected chi connectivity index (χ2v) is 4.29. The zero-order valence-corrected chi connectivity index (χ0v) is 11.8. The predicted octanol–water partition coefficient (Wildman–Crippen LogP) is 2.98. The Morgan fingerprint density at radius 1 is 1.05 bits per heavy atom. The van der Waals surface area contributed by atoms with Crippen LogP contribution in [0.3, 0.4) is 0 Å². The summed E-state index contributed by atoms with van der Waals surface area (Å²) in [6.07, 6.45) is 0. The highest BCUT2D eigenvalue weighted by Crippen LogP contribution is 2.38. The van der Waals surface area contributed by atoms with Crippen molar-refractivity contribution in [3.05, 3.63) is 53.6 Å². The molecule has 0 fully saturated rings. The Balaban J connectivity index is 2.31. The lowest BCUT2D eigenvalue weighted by atomic mass is 10.2. The standard InChI is InChI=1S/C16H16O5/c1-19-13-8-12(16(17)18)9-14(15(13)20-2)21-10-11-6-4-3-5-7-11/h3-9H,10H2,1-2H3,(H,17,18). The van der Waals surface area contributed by atoms with E-state index in [-0.39, 0.29) is 5.56 Å². The highest BCUT2D eigenvalue weighted by Gasteiger charge is 2.17. The van der Waals surface area contributed by atoms with Gasteiger partial charge in [-0.25, -0.2) is 4.79 Å². The lowest BCUT2D eigenvalue weighted by Crippen LogP contribution is -2.03. The number of rotatable bonds is 6. The van der Waals surface area contributed by atoms with Crippen molar-refractivity contribution in [1.82, 2.24) is 0 Å². The van der Waals surface area contributed by atoms with Crippen LogP contribution >= 0.6 is 0 Å². The number of hydrogen-bond donors (Lipinski definition) is 1. The minimum absolute atomic E-state index is 0.0794. The third-order valence-corrected chi connectivity index (χ3v) is 2.93. The molecule has 21 heavy (non-hydrogen) atoms. The Hall–Kier alpha value is -2.69. The van der Waals surface area contributed by atoms with Crippen molar-refractivity contribution in [1.29, 1.82) is 0 Å². The highest BCUT2D eigenvalue weighted by atomic mass is 16.5. The van der Waals surface area contributed by atoms with Gasteiger partial charge in [0.1, 0.15) is 6.61 Å². The van der Waals surface area contributed by atoms with Crippen LogP contribution in [-0.4, -0.2) is 25.3 Å². The van der Waals surface area contributed by atoms with E-state index in [4.69, 9.17) is 19.3 Å². The van der Waals surface area contributed by atoms with Gasteiger partial charge in [0.25, 0.3) is 0 Å². The van der Waals surface area contributed by atoms with Crippen molar-refractivity contribution in [2.45, 2.75) is 6.61 Å². The Kier molecular flexibility index (Phi) is 4.66. The largest absolute Gasteiger partial charge is 0.493 e. The van der Waals surface area contributed by atoms with Crippen LogP contribution in [0.2, 0.25) is 0 Å². The van der Waals surface area contributed by atoms with Gasteiger partial charge in [0.15, 0.2) is 11.5 Å². The molecule has 0 spiro atoms. The van der Waals surface area contributed by atoms with E-state index >= 15 is 0 Å². The maximum atomic E-state index is 11.1. The van der Waals surface area contributed by atoms with E-state index in [1.807, 2.05) is 30.3 Å². The third-order valence-electron chi connectivity index (χ3n) is 2.93. The monoisotopic (exact) mass is 288 g/mol. The first kappa shape index (κ1) is 14.7. The number of benzene rings is 2. The van der Waals surface area contributed by atoms with Crippen LogP contribution in [0.1, 0.15) is 15.9 Å². The molecule has 0 bridgehead atoms. The molecular formula is C16H16O5. The van der Waals surface area contributed by atoms with Gasteiger partial charge in [-0.2, -0.15) is 0 Å². The fourth-order valence-electron chi connectivity index (χ4n) is 1.90. The van der Waals surface area contributed by atoms with Gasteiger partial charge < -0.3 is 19.3 Å². The van der Waals surface area contributed by atoms with Crippen LogP contribution in [0.15, 0.2) is 42.5 Å². The van der Waals surface area contributed by atoms with Gasteiger partial charge in [-0.1, -0.05) is 30.3 Å². The second-order valence-electron chi connectivity index (χ2n) is 4.29. The van der Waals surface area contributed by atoms with E-state index < -0.39 is 5.97 Å². The van der Waals surface area contributed by atoms with Crippen LogP contribution in [0.25, 0.3) is 0 Å². The molecule has 0 atom stereocenters. The Labute approximate surface area is 122 Å². The van der Waals surface area contributed by atoms with Crippen molar-refractivity contribution < 1.29 is 24.1 Å². The van der Waals surface area contributed by atoms with E-state index in [0.29, 0.717) is 23.9 Å². The molecule has 0 amide bonds. The molecule has 0 aliphatic carbocycles. The summed E-state index contributed by atoms with van der Waals surface area (Å²) in [4.78, 5) is 11.1. The number of carboxylic acids is 1. The van der Waals surface area contributed by atoms with E-state index in [1.165, 1.54) is 26.4 Å². The average molecular weight is 288 g/mol. The van der Waals surface area contributed by atoms with Crippen molar-refractivity contribution >= 4 is 5.97 Å². The molecule has 2 aromatic carbocycles. The molecule has 1 N–H and O–H groups in total. The molecule has 0 radical (unpaired) electrons. The summed E-state index contributed by atoms with van der Waals surface area (Å²) < 4.78 is 16.1. The number of aromatic carboxylic acids is 1. The van der Waals surface area contributed by atoms with Gasteiger partial charge in [0.05, 0.1) is 19.8 Å². The van der Waals surface area contributed by atoms with Crippen molar-refractivity contribution in [3.63, 3.8) is 0 Å². The van der Waals surface area contributed by atoms with Crippen molar-refractivity contribution in [3.8, 4) is 17.2 Å². The van der Waals surface area contributed by atoms with Crippen LogP contribution in [0, 0.1) is 0 Å². The predicted molar refractivity (Wildman–Crippen MR) is 77.3 cm³/mol. The molecular weight excluding hydrogens is 272 g/mol. The quantitative estimate of drug-likeness (QED) is 0.885. The number of carbonyl (C=O) groups is 1. The first-order valence-corrected chi connectivity index (χ1v) is 6.31. The van der Waals surface area contributed by atoms with E-state index in [1.54, 1.807) is 0 Å². The smallest absolute Gasteiger partial charge is 0.335 e. The summed E-state index contributed by atoms with van der Waals surface area (Å²) in [5.41, 5.74) is 1.05. The lowest BCUT2D eigenvalue weighted by molar-refractivity contribution is 0.0695. The highest BCUT2D eigenvalue weighted by molar-refractivity contribution is 5.89. The number of carboxylic acid groups (broad SMARTS) is 1. The topological polar surface area (TPSA) is 65.0 Å².